The number of anilines is 1. The molecule has 1 heterocycles. The molecule has 0 aliphatic rings. The van der Waals surface area contributed by atoms with Gasteiger partial charge in [0, 0.05) is 5.56 Å². The van der Waals surface area contributed by atoms with Crippen LogP contribution >= 0.6 is 0 Å². The molecule has 9 heteroatoms. The smallest absolute Gasteiger partial charge is 0.290 e. The Morgan fingerprint density at radius 3 is 2.22 bits per heavy atom. The zero-order valence-electron chi connectivity index (χ0n) is 12.6. The summed E-state index contributed by atoms with van der Waals surface area (Å²) in [5.74, 6) is 4.08. The molecule has 3 N–H and O–H groups in total. The molecule has 124 valence electrons. The Hall–Kier alpha value is -2.42. The number of nitrogens with one attached hydrogen (secondary N) is 1. The van der Waals surface area contributed by atoms with Gasteiger partial charge in [-0.15, -0.1) is 13.2 Å². The lowest BCUT2D eigenvalue weighted by Crippen LogP contribution is -2.46. The Morgan fingerprint density at radius 1 is 1.17 bits per heavy atom. The van der Waals surface area contributed by atoms with Gasteiger partial charge in [-0.1, -0.05) is 32.0 Å². The van der Waals surface area contributed by atoms with Gasteiger partial charge in [0.2, 0.25) is 0 Å². The van der Waals surface area contributed by atoms with Crippen LogP contribution < -0.4 is 16.5 Å². The van der Waals surface area contributed by atoms with E-state index in [-0.39, 0.29) is 5.82 Å². The van der Waals surface area contributed by atoms with E-state index in [4.69, 9.17) is 5.84 Å². The number of halogens is 3. The first-order chi connectivity index (χ1) is 10.8. The number of H-pyrrole nitrogens is 1. The van der Waals surface area contributed by atoms with Gasteiger partial charge in [-0.05, 0) is 24.0 Å². The van der Waals surface area contributed by atoms with Crippen LogP contribution in [-0.4, -0.2) is 21.3 Å². The molecule has 1 aromatic carbocycles. The number of nitrogens with two attached hydrogens (primary N) is 1. The molecule has 0 bridgehead atoms. The summed E-state index contributed by atoms with van der Waals surface area (Å²) in [5.41, 5.74) is 1.38. The molecular formula is C14H16F3N5O. The maximum atomic E-state index is 12.7. The number of hydrogen-bond acceptors (Lipinski definition) is 5. The van der Waals surface area contributed by atoms with Crippen LogP contribution in [0.2, 0.25) is 0 Å². The van der Waals surface area contributed by atoms with E-state index in [2.05, 4.69) is 15.0 Å². The van der Waals surface area contributed by atoms with Crippen molar-refractivity contribution >= 4 is 5.95 Å². The molecule has 0 amide bonds. The lowest BCUT2D eigenvalue weighted by Gasteiger charge is -2.19. The summed E-state index contributed by atoms with van der Waals surface area (Å²) in [6.07, 6.45) is -3.62. The number of nitrogens with zero attached hydrogens (tertiary/aromatic N) is 3. The number of aromatic nitrogens is 3. The third-order valence-corrected chi connectivity index (χ3v) is 3.36. The molecule has 0 atom stereocenters. The summed E-state index contributed by atoms with van der Waals surface area (Å²) in [6, 6.07) is 5.52. The Bertz CT molecular complexity index is 735. The largest absolute Gasteiger partial charge is 0.501 e. The van der Waals surface area contributed by atoms with Gasteiger partial charge < -0.3 is 0 Å². The van der Waals surface area contributed by atoms with Crippen molar-refractivity contribution in [3.8, 4) is 11.4 Å². The standard InChI is InChI=1S/C14H16F3N5O/c1-3-8-6-5-7-9(4-2)10(8)11-19-12(21-13(23)20-11)22(18)14(15,16)17/h5-7H,3-4,18H2,1-2H3,(H,19,20,21,23). The van der Waals surface area contributed by atoms with Crippen LogP contribution in [0.3, 0.4) is 0 Å². The second-order valence-electron chi connectivity index (χ2n) is 4.80. The first-order valence-corrected chi connectivity index (χ1v) is 6.99. The van der Waals surface area contributed by atoms with Gasteiger partial charge in [-0.25, -0.2) is 10.6 Å². The summed E-state index contributed by atoms with van der Waals surface area (Å²) in [7, 11) is 0. The average Bonchev–Trinajstić information content (AvgIpc) is 2.51. The first-order valence-electron chi connectivity index (χ1n) is 6.99. The molecule has 0 spiro atoms. The molecule has 6 nitrogen and oxygen atoms in total. The quantitative estimate of drug-likeness (QED) is 0.510. The van der Waals surface area contributed by atoms with Gasteiger partial charge in [-0.2, -0.15) is 15.0 Å². The fraction of sp³-hybridized carbons (Fsp3) is 0.357. The Labute approximate surface area is 130 Å². The molecular weight excluding hydrogens is 311 g/mol. The number of aromatic amines is 1. The minimum Gasteiger partial charge on any atom is -0.290 e. The minimum atomic E-state index is -4.89. The van der Waals surface area contributed by atoms with Crippen molar-refractivity contribution in [2.24, 2.45) is 5.84 Å². The van der Waals surface area contributed by atoms with E-state index in [0.717, 1.165) is 11.1 Å². The lowest BCUT2D eigenvalue weighted by molar-refractivity contribution is -0.130. The van der Waals surface area contributed by atoms with Gasteiger partial charge in [0.1, 0.15) is 5.82 Å². The summed E-state index contributed by atoms with van der Waals surface area (Å²) in [6.45, 7) is 3.81. The van der Waals surface area contributed by atoms with Crippen LogP contribution in [0.25, 0.3) is 11.4 Å². The third kappa shape index (κ3) is 3.50. The van der Waals surface area contributed by atoms with Gasteiger partial charge in [0.15, 0.2) is 0 Å². The third-order valence-electron chi connectivity index (χ3n) is 3.36. The highest BCUT2D eigenvalue weighted by Gasteiger charge is 2.38. The molecule has 0 saturated carbocycles. The van der Waals surface area contributed by atoms with E-state index < -0.39 is 22.9 Å². The average molecular weight is 327 g/mol. The van der Waals surface area contributed by atoms with E-state index >= 15 is 0 Å². The monoisotopic (exact) mass is 327 g/mol. The number of aryl methyl sites for hydroxylation is 2. The second kappa shape index (κ2) is 6.37. The SMILES string of the molecule is CCc1cccc(CC)c1-c1nc(N(N)C(F)(F)F)nc(=O)[nH]1. The number of hydrogen-bond donors (Lipinski definition) is 2. The summed E-state index contributed by atoms with van der Waals surface area (Å²) in [4.78, 5) is 21.0. The normalized spacial score (nSPS) is 11.6. The highest BCUT2D eigenvalue weighted by atomic mass is 19.4. The zero-order chi connectivity index (χ0) is 17.2. The van der Waals surface area contributed by atoms with Crippen molar-refractivity contribution in [1.82, 2.24) is 15.0 Å². The van der Waals surface area contributed by atoms with E-state index in [9.17, 15) is 18.0 Å². The van der Waals surface area contributed by atoms with Crippen molar-refractivity contribution in [3.63, 3.8) is 0 Å². The van der Waals surface area contributed by atoms with Crippen molar-refractivity contribution in [2.75, 3.05) is 5.01 Å². The molecule has 0 saturated heterocycles. The highest BCUT2D eigenvalue weighted by Crippen LogP contribution is 2.27. The number of alkyl halides is 3. The van der Waals surface area contributed by atoms with Crippen LogP contribution in [0.1, 0.15) is 25.0 Å². The summed E-state index contributed by atoms with van der Waals surface area (Å²) >= 11 is 0. The minimum absolute atomic E-state index is 0.0222. The molecule has 0 aliphatic heterocycles. The topological polar surface area (TPSA) is 87.9 Å². The van der Waals surface area contributed by atoms with Gasteiger partial charge in [0.05, 0.1) is 0 Å². The van der Waals surface area contributed by atoms with Crippen LogP contribution in [0.15, 0.2) is 23.0 Å². The van der Waals surface area contributed by atoms with E-state index in [1.54, 1.807) is 0 Å². The number of rotatable bonds is 4. The zero-order valence-corrected chi connectivity index (χ0v) is 12.6. The number of hydrazine groups is 1. The van der Waals surface area contributed by atoms with Gasteiger partial charge in [0.25, 0.3) is 5.95 Å². The fourth-order valence-corrected chi connectivity index (χ4v) is 2.26. The van der Waals surface area contributed by atoms with Crippen molar-refractivity contribution in [1.29, 1.82) is 0 Å². The van der Waals surface area contributed by atoms with Crippen molar-refractivity contribution < 1.29 is 13.2 Å². The second-order valence-corrected chi connectivity index (χ2v) is 4.80. The predicted molar refractivity (Wildman–Crippen MR) is 79.6 cm³/mol. The van der Waals surface area contributed by atoms with Crippen LogP contribution in [-0.2, 0) is 12.8 Å². The van der Waals surface area contributed by atoms with Gasteiger partial charge >= 0.3 is 12.0 Å². The molecule has 0 radical (unpaired) electrons. The molecule has 23 heavy (non-hydrogen) atoms. The van der Waals surface area contributed by atoms with E-state index in [1.165, 1.54) is 0 Å². The van der Waals surface area contributed by atoms with Crippen molar-refractivity contribution in [3.05, 3.63) is 39.8 Å². The molecule has 0 unspecified atom stereocenters. The maximum Gasteiger partial charge on any atom is 0.501 e. The molecule has 2 rings (SSSR count). The predicted octanol–water partition coefficient (Wildman–Crippen LogP) is 2.16. The molecule has 0 aliphatic carbocycles. The fourth-order valence-electron chi connectivity index (χ4n) is 2.26. The molecule has 1 aromatic heterocycles. The Balaban J connectivity index is 2.67. The summed E-state index contributed by atoms with van der Waals surface area (Å²) in [5, 5.41) is -0.577. The maximum absolute atomic E-state index is 12.7. The van der Waals surface area contributed by atoms with Crippen molar-refractivity contribution in [2.45, 2.75) is 33.0 Å². The Kier molecular flexibility index (Phi) is 4.69. The summed E-state index contributed by atoms with van der Waals surface area (Å²) < 4.78 is 38.1. The van der Waals surface area contributed by atoms with E-state index in [0.29, 0.717) is 18.4 Å². The van der Waals surface area contributed by atoms with E-state index in [1.807, 2.05) is 32.0 Å². The molecule has 0 fully saturated rings. The van der Waals surface area contributed by atoms with Crippen LogP contribution in [0.4, 0.5) is 19.1 Å². The first kappa shape index (κ1) is 16.9. The Morgan fingerprint density at radius 2 is 1.74 bits per heavy atom. The molecule has 2 aromatic rings. The number of benzene rings is 1. The highest BCUT2D eigenvalue weighted by molar-refractivity contribution is 5.65. The van der Waals surface area contributed by atoms with Gasteiger partial charge in [-0.3, -0.25) is 4.98 Å². The van der Waals surface area contributed by atoms with Crippen LogP contribution in [0.5, 0.6) is 0 Å². The lowest BCUT2D eigenvalue weighted by atomic mass is 9.97. The van der Waals surface area contributed by atoms with Crippen LogP contribution in [0, 0.1) is 0 Å².